The van der Waals surface area contributed by atoms with Crippen LogP contribution in [0, 0.1) is 11.3 Å². The SMILES string of the molecule is C=CCN(Cc1cccc(C#N)c1)C(=O)Cc1cccc(N2CCCC2=O)c1. The highest BCUT2D eigenvalue weighted by Gasteiger charge is 2.22. The van der Waals surface area contributed by atoms with Crippen LogP contribution in [0.15, 0.2) is 61.2 Å². The molecule has 0 radical (unpaired) electrons. The van der Waals surface area contributed by atoms with Crippen LogP contribution in [0.5, 0.6) is 0 Å². The number of anilines is 1. The quantitative estimate of drug-likeness (QED) is 0.699. The number of hydrogen-bond donors (Lipinski definition) is 0. The second-order valence-electron chi connectivity index (χ2n) is 6.87. The van der Waals surface area contributed by atoms with Gasteiger partial charge < -0.3 is 9.80 Å². The summed E-state index contributed by atoms with van der Waals surface area (Å²) in [5, 5.41) is 9.06. The Morgan fingerprint density at radius 2 is 2.00 bits per heavy atom. The summed E-state index contributed by atoms with van der Waals surface area (Å²) in [6, 6.07) is 17.0. The number of carbonyl (C=O) groups is 2. The van der Waals surface area contributed by atoms with E-state index in [-0.39, 0.29) is 18.2 Å². The average molecular weight is 373 g/mol. The van der Waals surface area contributed by atoms with Crippen molar-refractivity contribution in [1.29, 1.82) is 5.26 Å². The molecule has 1 aliphatic rings. The van der Waals surface area contributed by atoms with Gasteiger partial charge in [-0.05, 0) is 41.8 Å². The molecule has 28 heavy (non-hydrogen) atoms. The molecule has 0 spiro atoms. The van der Waals surface area contributed by atoms with Gasteiger partial charge in [-0.25, -0.2) is 0 Å². The zero-order valence-corrected chi connectivity index (χ0v) is 15.8. The van der Waals surface area contributed by atoms with Crippen LogP contribution in [0.2, 0.25) is 0 Å². The third kappa shape index (κ3) is 4.66. The summed E-state index contributed by atoms with van der Waals surface area (Å²) < 4.78 is 0. The maximum Gasteiger partial charge on any atom is 0.227 e. The first-order chi connectivity index (χ1) is 13.6. The molecule has 142 valence electrons. The Kier molecular flexibility index (Phi) is 6.23. The molecule has 1 fully saturated rings. The second-order valence-corrected chi connectivity index (χ2v) is 6.87. The molecule has 2 aromatic carbocycles. The summed E-state index contributed by atoms with van der Waals surface area (Å²) in [6.07, 6.45) is 3.40. The van der Waals surface area contributed by atoms with Crippen molar-refractivity contribution < 1.29 is 9.59 Å². The van der Waals surface area contributed by atoms with Gasteiger partial charge in [-0.3, -0.25) is 9.59 Å². The predicted octanol–water partition coefficient (Wildman–Crippen LogP) is 3.44. The minimum absolute atomic E-state index is 0.0211. The number of nitrogens with zero attached hydrogens (tertiary/aromatic N) is 3. The lowest BCUT2D eigenvalue weighted by Crippen LogP contribution is -2.32. The van der Waals surface area contributed by atoms with Crippen LogP contribution in [0.1, 0.15) is 29.5 Å². The summed E-state index contributed by atoms with van der Waals surface area (Å²) in [5.41, 5.74) is 3.21. The Labute approximate surface area is 165 Å². The molecule has 5 heteroatoms. The molecular formula is C23H23N3O2. The Balaban J connectivity index is 1.72. The summed E-state index contributed by atoms with van der Waals surface area (Å²) in [4.78, 5) is 28.4. The van der Waals surface area contributed by atoms with Crippen LogP contribution in [0.3, 0.4) is 0 Å². The predicted molar refractivity (Wildman–Crippen MR) is 109 cm³/mol. The van der Waals surface area contributed by atoms with E-state index in [1.165, 1.54) is 0 Å². The fraction of sp³-hybridized carbons (Fsp3) is 0.261. The van der Waals surface area contributed by atoms with Crippen molar-refractivity contribution in [3.63, 3.8) is 0 Å². The largest absolute Gasteiger partial charge is 0.334 e. The Morgan fingerprint density at radius 3 is 2.71 bits per heavy atom. The maximum absolute atomic E-state index is 12.9. The smallest absolute Gasteiger partial charge is 0.227 e. The van der Waals surface area contributed by atoms with Crippen LogP contribution >= 0.6 is 0 Å². The fourth-order valence-corrected chi connectivity index (χ4v) is 3.41. The van der Waals surface area contributed by atoms with Gasteiger partial charge in [-0.2, -0.15) is 5.26 Å². The van der Waals surface area contributed by atoms with Crippen molar-refractivity contribution in [2.24, 2.45) is 0 Å². The molecule has 5 nitrogen and oxygen atoms in total. The lowest BCUT2D eigenvalue weighted by molar-refractivity contribution is -0.130. The van der Waals surface area contributed by atoms with E-state index < -0.39 is 0 Å². The first kappa shape index (κ1) is 19.4. The zero-order chi connectivity index (χ0) is 19.9. The van der Waals surface area contributed by atoms with Crippen LogP contribution < -0.4 is 4.90 Å². The highest BCUT2D eigenvalue weighted by molar-refractivity contribution is 5.95. The van der Waals surface area contributed by atoms with Gasteiger partial charge in [0.15, 0.2) is 0 Å². The molecular weight excluding hydrogens is 350 g/mol. The Bertz CT molecular complexity index is 929. The topological polar surface area (TPSA) is 64.4 Å². The van der Waals surface area contributed by atoms with E-state index in [2.05, 4.69) is 12.6 Å². The Morgan fingerprint density at radius 1 is 1.21 bits per heavy atom. The second kappa shape index (κ2) is 9.01. The number of hydrogen-bond acceptors (Lipinski definition) is 3. The van der Waals surface area contributed by atoms with Gasteiger partial charge in [-0.15, -0.1) is 6.58 Å². The van der Waals surface area contributed by atoms with Gasteiger partial charge in [0.1, 0.15) is 0 Å². The summed E-state index contributed by atoms with van der Waals surface area (Å²) in [6.45, 7) is 5.33. The van der Waals surface area contributed by atoms with Crippen molar-refractivity contribution in [3.05, 3.63) is 77.9 Å². The van der Waals surface area contributed by atoms with E-state index in [1.54, 1.807) is 28.0 Å². The fourth-order valence-electron chi connectivity index (χ4n) is 3.41. The summed E-state index contributed by atoms with van der Waals surface area (Å²) >= 11 is 0. The van der Waals surface area contributed by atoms with Gasteiger partial charge in [0.25, 0.3) is 0 Å². The summed E-state index contributed by atoms with van der Waals surface area (Å²) in [5.74, 6) is 0.112. The monoisotopic (exact) mass is 373 g/mol. The lowest BCUT2D eigenvalue weighted by atomic mass is 10.1. The average Bonchev–Trinajstić information content (AvgIpc) is 3.14. The Hall–Kier alpha value is -3.39. The van der Waals surface area contributed by atoms with E-state index in [0.29, 0.717) is 25.1 Å². The minimum atomic E-state index is -0.0211. The van der Waals surface area contributed by atoms with Crippen LogP contribution in [-0.4, -0.2) is 29.8 Å². The van der Waals surface area contributed by atoms with E-state index in [9.17, 15) is 9.59 Å². The van der Waals surface area contributed by atoms with Crippen LogP contribution in [-0.2, 0) is 22.6 Å². The zero-order valence-electron chi connectivity index (χ0n) is 15.8. The highest BCUT2D eigenvalue weighted by Crippen LogP contribution is 2.23. The third-order valence-electron chi connectivity index (χ3n) is 4.78. The van der Waals surface area contributed by atoms with E-state index in [0.717, 1.165) is 29.8 Å². The van der Waals surface area contributed by atoms with Gasteiger partial charge >= 0.3 is 0 Å². The van der Waals surface area contributed by atoms with Gasteiger partial charge in [0.2, 0.25) is 11.8 Å². The number of rotatable bonds is 7. The van der Waals surface area contributed by atoms with Crippen LogP contribution in [0.4, 0.5) is 5.69 Å². The molecule has 1 saturated heterocycles. The van der Waals surface area contributed by atoms with Gasteiger partial charge in [0, 0.05) is 31.7 Å². The lowest BCUT2D eigenvalue weighted by Gasteiger charge is -2.22. The number of nitriles is 1. The van der Waals surface area contributed by atoms with Crippen LogP contribution in [0.25, 0.3) is 0 Å². The van der Waals surface area contributed by atoms with Crippen molar-refractivity contribution in [1.82, 2.24) is 4.90 Å². The van der Waals surface area contributed by atoms with Crippen molar-refractivity contribution in [3.8, 4) is 6.07 Å². The first-order valence-corrected chi connectivity index (χ1v) is 9.37. The molecule has 0 aliphatic carbocycles. The molecule has 0 atom stereocenters. The molecule has 0 aromatic heterocycles. The van der Waals surface area contributed by atoms with Crippen molar-refractivity contribution in [2.45, 2.75) is 25.8 Å². The third-order valence-corrected chi connectivity index (χ3v) is 4.78. The molecule has 3 rings (SSSR count). The molecule has 0 N–H and O–H groups in total. The van der Waals surface area contributed by atoms with E-state index >= 15 is 0 Å². The molecule has 2 amide bonds. The molecule has 0 bridgehead atoms. The molecule has 1 aliphatic heterocycles. The van der Waals surface area contributed by atoms with E-state index in [1.807, 2.05) is 36.4 Å². The number of carbonyl (C=O) groups excluding carboxylic acids is 2. The van der Waals surface area contributed by atoms with Gasteiger partial charge in [-0.1, -0.05) is 30.3 Å². The van der Waals surface area contributed by atoms with E-state index in [4.69, 9.17) is 5.26 Å². The molecule has 0 unspecified atom stereocenters. The van der Waals surface area contributed by atoms with Crippen molar-refractivity contribution >= 4 is 17.5 Å². The number of amides is 2. The standard InChI is InChI=1S/C23H23N3O2/c1-2-11-25(17-20-8-3-7-19(13-20)16-24)23(28)15-18-6-4-9-21(14-18)26-12-5-10-22(26)27/h2-4,6-9,13-14H,1,5,10-12,15,17H2. The highest BCUT2D eigenvalue weighted by atomic mass is 16.2. The molecule has 0 saturated carbocycles. The normalized spacial score (nSPS) is 13.2. The van der Waals surface area contributed by atoms with Crippen molar-refractivity contribution in [2.75, 3.05) is 18.0 Å². The van der Waals surface area contributed by atoms with Gasteiger partial charge in [0.05, 0.1) is 18.1 Å². The maximum atomic E-state index is 12.9. The molecule has 2 aromatic rings. The minimum Gasteiger partial charge on any atom is -0.334 e. The first-order valence-electron chi connectivity index (χ1n) is 9.37. The molecule has 1 heterocycles. The summed E-state index contributed by atoms with van der Waals surface area (Å²) in [7, 11) is 0. The number of benzene rings is 2.